The first kappa shape index (κ1) is 19.1. The maximum atomic E-state index is 13.1. The summed E-state index contributed by atoms with van der Waals surface area (Å²) < 4.78 is 13.1. The highest BCUT2D eigenvalue weighted by atomic mass is 35.5. The van der Waals surface area contributed by atoms with E-state index >= 15 is 0 Å². The van der Waals surface area contributed by atoms with Crippen LogP contribution < -0.4 is 5.32 Å². The van der Waals surface area contributed by atoms with Gasteiger partial charge in [-0.1, -0.05) is 66.2 Å². The molecule has 0 bridgehead atoms. The van der Waals surface area contributed by atoms with Gasteiger partial charge in [-0.05, 0) is 41.8 Å². The van der Waals surface area contributed by atoms with E-state index in [0.717, 1.165) is 17.2 Å². The van der Waals surface area contributed by atoms with Gasteiger partial charge in [0.1, 0.15) is 11.4 Å². The van der Waals surface area contributed by atoms with Gasteiger partial charge in [0.2, 0.25) is 0 Å². The molecule has 0 aliphatic heterocycles. The lowest BCUT2D eigenvalue weighted by atomic mass is 9.93. The van der Waals surface area contributed by atoms with Gasteiger partial charge in [0, 0.05) is 0 Å². The van der Waals surface area contributed by atoms with Crippen LogP contribution in [0.1, 0.15) is 22.8 Å². The van der Waals surface area contributed by atoms with E-state index in [1.54, 1.807) is 6.92 Å². The van der Waals surface area contributed by atoms with Crippen LogP contribution in [0.5, 0.6) is 0 Å². The summed E-state index contributed by atoms with van der Waals surface area (Å²) in [5, 5.41) is 13.4. The van der Waals surface area contributed by atoms with Crippen LogP contribution in [0.2, 0.25) is 5.02 Å². The molecule has 3 aromatic carbocycles. The highest BCUT2D eigenvalue weighted by Gasteiger charge is 2.24. The maximum Gasteiger partial charge on any atom is 0.252 e. The maximum absolute atomic E-state index is 13.1. The molecule has 27 heavy (non-hydrogen) atoms. The normalized spacial score (nSPS) is 13.0. The van der Waals surface area contributed by atoms with Gasteiger partial charge in [0.25, 0.3) is 5.91 Å². The van der Waals surface area contributed by atoms with Crippen LogP contribution in [0.15, 0.2) is 72.8 Å². The molecular formula is C22H19ClFNO2. The Labute approximate surface area is 162 Å². The van der Waals surface area contributed by atoms with E-state index in [4.69, 9.17) is 11.6 Å². The van der Waals surface area contributed by atoms with Crippen molar-refractivity contribution in [3.63, 3.8) is 0 Å². The van der Waals surface area contributed by atoms with Crippen molar-refractivity contribution in [2.24, 2.45) is 0 Å². The lowest BCUT2D eigenvalue weighted by Crippen LogP contribution is -2.38. The van der Waals surface area contributed by atoms with Crippen LogP contribution >= 0.6 is 11.6 Å². The Kier molecular flexibility index (Phi) is 5.59. The molecule has 0 spiro atoms. The van der Waals surface area contributed by atoms with Crippen molar-refractivity contribution in [3.05, 3.63) is 94.8 Å². The number of hydrogen-bond donors (Lipinski definition) is 2. The fourth-order valence-electron chi connectivity index (χ4n) is 2.78. The van der Waals surface area contributed by atoms with E-state index in [9.17, 15) is 14.3 Å². The Morgan fingerprint density at radius 2 is 1.67 bits per heavy atom. The first-order valence-corrected chi connectivity index (χ1v) is 8.86. The summed E-state index contributed by atoms with van der Waals surface area (Å²) in [4.78, 5) is 12.3. The molecule has 1 amide bonds. The van der Waals surface area contributed by atoms with Crippen molar-refractivity contribution >= 4 is 17.5 Å². The van der Waals surface area contributed by atoms with Crippen molar-refractivity contribution < 1.29 is 14.3 Å². The van der Waals surface area contributed by atoms with Crippen molar-refractivity contribution in [2.45, 2.75) is 12.5 Å². The van der Waals surface area contributed by atoms with Crippen molar-refractivity contribution in [1.29, 1.82) is 0 Å². The van der Waals surface area contributed by atoms with Crippen molar-refractivity contribution in [3.8, 4) is 11.1 Å². The molecule has 0 saturated heterocycles. The molecule has 0 fully saturated rings. The molecule has 0 aliphatic rings. The van der Waals surface area contributed by atoms with E-state index in [0.29, 0.717) is 5.56 Å². The summed E-state index contributed by atoms with van der Waals surface area (Å²) in [5.41, 5.74) is 1.69. The molecule has 1 atom stereocenters. The number of aliphatic hydroxyl groups is 1. The van der Waals surface area contributed by atoms with Crippen molar-refractivity contribution in [1.82, 2.24) is 5.32 Å². The van der Waals surface area contributed by atoms with E-state index in [1.807, 2.05) is 54.6 Å². The standard InChI is InChI=1S/C22H19ClFNO2/c1-22(27,14-25-21(26)19-12-11-18(24)13-20(19)23)17-9-7-16(8-10-17)15-5-3-2-4-6-15/h2-13,27H,14H2,1H3,(H,25,26)/t22-/m1/s1. The van der Waals surface area contributed by atoms with Crippen LogP contribution in [-0.4, -0.2) is 17.6 Å². The first-order chi connectivity index (χ1) is 12.9. The van der Waals surface area contributed by atoms with Crippen LogP contribution in [0.3, 0.4) is 0 Å². The molecule has 0 aliphatic carbocycles. The first-order valence-electron chi connectivity index (χ1n) is 8.48. The molecule has 5 heteroatoms. The number of amides is 1. The number of hydrogen-bond acceptors (Lipinski definition) is 2. The summed E-state index contributed by atoms with van der Waals surface area (Å²) in [5.74, 6) is -0.983. The Balaban J connectivity index is 1.70. The quantitative estimate of drug-likeness (QED) is 0.666. The average Bonchev–Trinajstić information content (AvgIpc) is 2.67. The molecule has 3 rings (SSSR count). The zero-order valence-electron chi connectivity index (χ0n) is 14.7. The second-order valence-corrected chi connectivity index (χ2v) is 6.93. The summed E-state index contributed by atoms with van der Waals surface area (Å²) in [6.45, 7) is 1.61. The van der Waals surface area contributed by atoms with E-state index < -0.39 is 17.3 Å². The Hall–Kier alpha value is -2.69. The van der Waals surface area contributed by atoms with Crippen molar-refractivity contribution in [2.75, 3.05) is 6.54 Å². The van der Waals surface area contributed by atoms with Crippen LogP contribution in [0.4, 0.5) is 4.39 Å². The molecule has 0 radical (unpaired) electrons. The van der Waals surface area contributed by atoms with Crippen LogP contribution in [-0.2, 0) is 5.60 Å². The summed E-state index contributed by atoms with van der Waals surface area (Å²) in [7, 11) is 0. The number of benzene rings is 3. The van der Waals surface area contributed by atoms with Gasteiger partial charge in [0.05, 0.1) is 17.1 Å². The van der Waals surface area contributed by atoms with E-state index in [-0.39, 0.29) is 17.1 Å². The minimum Gasteiger partial charge on any atom is -0.384 e. The number of halogens is 2. The third-order valence-electron chi connectivity index (χ3n) is 4.38. The lowest BCUT2D eigenvalue weighted by Gasteiger charge is -2.24. The number of rotatable bonds is 5. The molecule has 0 unspecified atom stereocenters. The molecule has 0 saturated carbocycles. The van der Waals surface area contributed by atoms with Crippen LogP contribution in [0.25, 0.3) is 11.1 Å². The monoisotopic (exact) mass is 383 g/mol. The summed E-state index contributed by atoms with van der Waals surface area (Å²) in [6.07, 6.45) is 0. The topological polar surface area (TPSA) is 49.3 Å². The van der Waals surface area contributed by atoms with E-state index in [2.05, 4.69) is 5.32 Å². The van der Waals surface area contributed by atoms with Crippen LogP contribution in [0, 0.1) is 5.82 Å². The fourth-order valence-corrected chi connectivity index (χ4v) is 3.03. The predicted octanol–water partition coefficient (Wildman–Crippen LogP) is 4.78. The highest BCUT2D eigenvalue weighted by Crippen LogP contribution is 2.25. The van der Waals surface area contributed by atoms with Gasteiger partial charge < -0.3 is 10.4 Å². The fraction of sp³-hybridized carbons (Fsp3) is 0.136. The van der Waals surface area contributed by atoms with Gasteiger partial charge in [-0.25, -0.2) is 4.39 Å². The minimum absolute atomic E-state index is 0.00970. The summed E-state index contributed by atoms with van der Waals surface area (Å²) in [6, 6.07) is 21.0. The smallest absolute Gasteiger partial charge is 0.252 e. The number of nitrogens with one attached hydrogen (secondary N) is 1. The zero-order chi connectivity index (χ0) is 19.4. The summed E-state index contributed by atoms with van der Waals surface area (Å²) >= 11 is 5.90. The van der Waals surface area contributed by atoms with Gasteiger partial charge >= 0.3 is 0 Å². The molecular weight excluding hydrogens is 365 g/mol. The Morgan fingerprint density at radius 3 is 2.30 bits per heavy atom. The molecule has 0 aromatic heterocycles. The largest absolute Gasteiger partial charge is 0.384 e. The highest BCUT2D eigenvalue weighted by molar-refractivity contribution is 6.33. The predicted molar refractivity (Wildman–Crippen MR) is 105 cm³/mol. The number of carbonyl (C=O) groups is 1. The minimum atomic E-state index is -1.27. The van der Waals surface area contributed by atoms with Gasteiger partial charge in [-0.15, -0.1) is 0 Å². The lowest BCUT2D eigenvalue weighted by molar-refractivity contribution is 0.0526. The zero-order valence-corrected chi connectivity index (χ0v) is 15.5. The van der Waals surface area contributed by atoms with Gasteiger partial charge in [-0.3, -0.25) is 4.79 Å². The number of carbonyl (C=O) groups excluding carboxylic acids is 1. The third-order valence-corrected chi connectivity index (χ3v) is 4.70. The molecule has 3 aromatic rings. The molecule has 3 nitrogen and oxygen atoms in total. The Morgan fingerprint density at radius 1 is 1.04 bits per heavy atom. The van der Waals surface area contributed by atoms with Gasteiger partial charge in [0.15, 0.2) is 0 Å². The molecule has 2 N–H and O–H groups in total. The second-order valence-electron chi connectivity index (χ2n) is 6.52. The third kappa shape index (κ3) is 4.54. The average molecular weight is 384 g/mol. The molecule has 138 valence electrons. The van der Waals surface area contributed by atoms with E-state index in [1.165, 1.54) is 12.1 Å². The second kappa shape index (κ2) is 7.91. The Bertz CT molecular complexity index is 940. The molecule has 0 heterocycles. The van der Waals surface area contributed by atoms with Gasteiger partial charge in [-0.2, -0.15) is 0 Å². The SMILES string of the molecule is C[C@@](O)(CNC(=O)c1ccc(F)cc1Cl)c1ccc(-c2ccccc2)cc1.